The van der Waals surface area contributed by atoms with Gasteiger partial charge in [0.2, 0.25) is 0 Å². The number of fused-ring (bicyclic) bond motifs is 3. The number of hydrogen-bond acceptors (Lipinski definition) is 2. The molecule has 0 fully saturated rings. The Balaban J connectivity index is 1.09. The van der Waals surface area contributed by atoms with Crippen LogP contribution in [0.2, 0.25) is 0 Å². The molecule has 1 aromatic heterocycles. The highest BCUT2D eigenvalue weighted by Gasteiger charge is 2.15. The third-order valence-electron chi connectivity index (χ3n) is 9.52. The molecule has 9 rings (SSSR count). The van der Waals surface area contributed by atoms with Gasteiger partial charge in [-0.1, -0.05) is 146 Å². The number of hydrogen-bond donors (Lipinski definition) is 0. The average molecular weight is 640 g/mol. The van der Waals surface area contributed by atoms with E-state index in [1.54, 1.807) is 0 Å². The molecule has 0 atom stereocenters. The van der Waals surface area contributed by atoms with Gasteiger partial charge >= 0.3 is 0 Å². The fourth-order valence-electron chi connectivity index (χ4n) is 6.98. The van der Waals surface area contributed by atoms with Crippen molar-refractivity contribution in [2.75, 3.05) is 4.90 Å². The third-order valence-corrected chi connectivity index (χ3v) is 9.52. The maximum absolute atomic E-state index is 6.25. The fourth-order valence-corrected chi connectivity index (χ4v) is 6.98. The van der Waals surface area contributed by atoms with Crippen molar-refractivity contribution in [2.45, 2.75) is 0 Å². The zero-order chi connectivity index (χ0) is 33.3. The van der Waals surface area contributed by atoms with Crippen LogP contribution in [0.4, 0.5) is 17.1 Å². The van der Waals surface area contributed by atoms with Gasteiger partial charge in [0.1, 0.15) is 11.2 Å². The summed E-state index contributed by atoms with van der Waals surface area (Å²) in [6.45, 7) is 0. The molecule has 236 valence electrons. The van der Waals surface area contributed by atoms with E-state index in [1.807, 2.05) is 12.1 Å². The lowest BCUT2D eigenvalue weighted by atomic mass is 9.94. The van der Waals surface area contributed by atoms with Gasteiger partial charge in [0, 0.05) is 27.8 Å². The Bertz CT molecular complexity index is 2470. The summed E-state index contributed by atoms with van der Waals surface area (Å²) in [6.07, 6.45) is 0. The smallest absolute Gasteiger partial charge is 0.136 e. The predicted molar refractivity (Wildman–Crippen MR) is 210 cm³/mol. The number of furan rings is 1. The van der Waals surface area contributed by atoms with Crippen LogP contribution in [0.3, 0.4) is 0 Å². The molecule has 50 heavy (non-hydrogen) atoms. The molecule has 0 bridgehead atoms. The standard InChI is InChI=1S/C48H33NO/c1-3-11-34(12-4-1)36-19-26-40(27-20-36)49(41-28-21-37(22-29-41)35-13-5-2-6-14-35)42-30-23-38(24-31-42)43-15-7-8-16-44(43)39-25-32-46-45-17-9-10-18-47(45)50-48(46)33-39/h1-33H. The molecule has 8 aromatic carbocycles. The van der Waals surface area contributed by atoms with Crippen LogP contribution in [-0.4, -0.2) is 0 Å². The van der Waals surface area contributed by atoms with E-state index >= 15 is 0 Å². The first-order chi connectivity index (χ1) is 24.8. The zero-order valence-electron chi connectivity index (χ0n) is 27.4. The molecule has 0 radical (unpaired) electrons. The first kappa shape index (κ1) is 29.5. The highest BCUT2D eigenvalue weighted by atomic mass is 16.3. The lowest BCUT2D eigenvalue weighted by molar-refractivity contribution is 0.669. The van der Waals surface area contributed by atoms with Gasteiger partial charge in [0.05, 0.1) is 0 Å². The maximum atomic E-state index is 6.25. The van der Waals surface area contributed by atoms with Crippen molar-refractivity contribution in [1.82, 2.24) is 0 Å². The Morgan fingerprint density at radius 2 is 0.680 bits per heavy atom. The van der Waals surface area contributed by atoms with Crippen LogP contribution < -0.4 is 4.90 Å². The van der Waals surface area contributed by atoms with Crippen molar-refractivity contribution in [2.24, 2.45) is 0 Å². The van der Waals surface area contributed by atoms with Gasteiger partial charge in [-0.3, -0.25) is 0 Å². The molecule has 0 saturated carbocycles. The van der Waals surface area contributed by atoms with Crippen molar-refractivity contribution >= 4 is 39.0 Å². The molecule has 2 heteroatoms. The fraction of sp³-hybridized carbons (Fsp3) is 0. The molecule has 0 N–H and O–H groups in total. The highest BCUT2D eigenvalue weighted by molar-refractivity contribution is 6.06. The SMILES string of the molecule is c1ccc(-c2ccc(N(c3ccc(-c4ccccc4)cc3)c3ccc(-c4ccccc4-c4ccc5c(c4)oc4ccccc45)cc3)cc2)cc1. The molecule has 1 heterocycles. The van der Waals surface area contributed by atoms with Crippen LogP contribution in [0.15, 0.2) is 205 Å². The van der Waals surface area contributed by atoms with Crippen LogP contribution in [0.25, 0.3) is 66.4 Å². The molecule has 0 unspecified atom stereocenters. The monoisotopic (exact) mass is 639 g/mol. The molecule has 2 nitrogen and oxygen atoms in total. The van der Waals surface area contributed by atoms with E-state index in [4.69, 9.17) is 4.42 Å². The van der Waals surface area contributed by atoms with Gasteiger partial charge in [-0.25, -0.2) is 0 Å². The Morgan fingerprint density at radius 1 is 0.280 bits per heavy atom. The minimum atomic E-state index is 0.904. The predicted octanol–water partition coefficient (Wildman–Crippen LogP) is 13.7. The third kappa shape index (κ3) is 5.53. The van der Waals surface area contributed by atoms with Gasteiger partial charge in [-0.05, 0) is 99.1 Å². The Labute approximate surface area is 292 Å². The van der Waals surface area contributed by atoms with Gasteiger partial charge in [0.25, 0.3) is 0 Å². The van der Waals surface area contributed by atoms with Crippen LogP contribution in [-0.2, 0) is 0 Å². The van der Waals surface area contributed by atoms with Gasteiger partial charge in [-0.15, -0.1) is 0 Å². The zero-order valence-corrected chi connectivity index (χ0v) is 27.4. The highest BCUT2D eigenvalue weighted by Crippen LogP contribution is 2.40. The van der Waals surface area contributed by atoms with Crippen LogP contribution in [0.5, 0.6) is 0 Å². The van der Waals surface area contributed by atoms with Crippen molar-refractivity contribution in [3.8, 4) is 44.5 Å². The molecular weight excluding hydrogens is 607 g/mol. The van der Waals surface area contributed by atoms with Gasteiger partial charge < -0.3 is 9.32 Å². The molecule has 9 aromatic rings. The van der Waals surface area contributed by atoms with E-state index in [-0.39, 0.29) is 0 Å². The number of benzene rings is 8. The number of rotatable bonds is 7. The molecule has 0 aliphatic rings. The summed E-state index contributed by atoms with van der Waals surface area (Å²) < 4.78 is 6.25. The molecule has 0 saturated heterocycles. The quantitative estimate of drug-likeness (QED) is 0.173. The Morgan fingerprint density at radius 3 is 1.24 bits per heavy atom. The number of nitrogens with zero attached hydrogens (tertiary/aromatic N) is 1. The average Bonchev–Trinajstić information content (AvgIpc) is 3.58. The molecular formula is C48H33NO. The second-order valence-corrected chi connectivity index (χ2v) is 12.6. The van der Waals surface area contributed by atoms with Gasteiger partial charge in [-0.2, -0.15) is 0 Å². The van der Waals surface area contributed by atoms with E-state index < -0.39 is 0 Å². The van der Waals surface area contributed by atoms with E-state index in [1.165, 1.54) is 33.4 Å². The van der Waals surface area contributed by atoms with E-state index in [2.05, 4.69) is 193 Å². The van der Waals surface area contributed by atoms with Crippen molar-refractivity contribution in [3.05, 3.63) is 200 Å². The summed E-state index contributed by atoms with van der Waals surface area (Å²) >= 11 is 0. The summed E-state index contributed by atoms with van der Waals surface area (Å²) in [4.78, 5) is 2.33. The van der Waals surface area contributed by atoms with Crippen molar-refractivity contribution in [3.63, 3.8) is 0 Å². The molecule has 0 aliphatic carbocycles. The van der Waals surface area contributed by atoms with Crippen molar-refractivity contribution < 1.29 is 4.42 Å². The van der Waals surface area contributed by atoms with E-state index in [0.29, 0.717) is 0 Å². The second kappa shape index (κ2) is 12.8. The summed E-state index contributed by atoms with van der Waals surface area (Å²) in [5.74, 6) is 0. The van der Waals surface area contributed by atoms with Crippen LogP contribution >= 0.6 is 0 Å². The first-order valence-electron chi connectivity index (χ1n) is 17.0. The number of para-hydroxylation sites is 1. The van der Waals surface area contributed by atoms with Gasteiger partial charge in [0.15, 0.2) is 0 Å². The van der Waals surface area contributed by atoms with E-state index in [0.717, 1.165) is 50.1 Å². The Kier molecular flexibility index (Phi) is 7.53. The van der Waals surface area contributed by atoms with E-state index in [9.17, 15) is 0 Å². The summed E-state index contributed by atoms with van der Waals surface area (Å²) in [6, 6.07) is 71.1. The largest absolute Gasteiger partial charge is 0.456 e. The summed E-state index contributed by atoms with van der Waals surface area (Å²) in [5.41, 5.74) is 14.6. The maximum Gasteiger partial charge on any atom is 0.136 e. The first-order valence-corrected chi connectivity index (χ1v) is 17.0. The minimum Gasteiger partial charge on any atom is -0.456 e. The summed E-state index contributed by atoms with van der Waals surface area (Å²) in [5, 5.41) is 2.28. The molecule has 0 amide bonds. The molecule has 0 spiro atoms. The molecule has 0 aliphatic heterocycles. The Hall–Kier alpha value is -6.64. The second-order valence-electron chi connectivity index (χ2n) is 12.6. The lowest BCUT2D eigenvalue weighted by Crippen LogP contribution is -2.09. The summed E-state index contributed by atoms with van der Waals surface area (Å²) in [7, 11) is 0. The van der Waals surface area contributed by atoms with Crippen LogP contribution in [0.1, 0.15) is 0 Å². The number of anilines is 3. The van der Waals surface area contributed by atoms with Crippen molar-refractivity contribution in [1.29, 1.82) is 0 Å². The minimum absolute atomic E-state index is 0.904. The van der Waals surface area contributed by atoms with Crippen LogP contribution in [0, 0.1) is 0 Å². The lowest BCUT2D eigenvalue weighted by Gasteiger charge is -2.26. The topological polar surface area (TPSA) is 16.4 Å². The normalized spacial score (nSPS) is 11.2.